The molecule has 0 aliphatic heterocycles. The van der Waals surface area contributed by atoms with Gasteiger partial charge in [-0.15, -0.1) is 0 Å². The van der Waals surface area contributed by atoms with Gasteiger partial charge in [0.2, 0.25) is 0 Å². The first-order valence-electron chi connectivity index (χ1n) is 6.84. The molecule has 19 heavy (non-hydrogen) atoms. The number of aliphatic hydroxyl groups is 1. The van der Waals surface area contributed by atoms with Crippen LogP contribution in [0.4, 0.5) is 5.69 Å². The Bertz CT molecular complexity index is 428. The molecule has 4 nitrogen and oxygen atoms in total. The lowest BCUT2D eigenvalue weighted by Gasteiger charge is -2.28. The van der Waals surface area contributed by atoms with E-state index in [-0.39, 0.29) is 11.9 Å². The Labute approximate surface area is 114 Å². The summed E-state index contributed by atoms with van der Waals surface area (Å²) in [4.78, 5) is 14.1. The summed E-state index contributed by atoms with van der Waals surface area (Å²) in [5, 5.41) is 12.8. The van der Waals surface area contributed by atoms with Crippen molar-refractivity contribution in [3.63, 3.8) is 0 Å². The van der Waals surface area contributed by atoms with Crippen LogP contribution >= 0.6 is 0 Å². The molecule has 0 bridgehead atoms. The van der Waals surface area contributed by atoms with Crippen molar-refractivity contribution in [2.75, 3.05) is 19.0 Å². The molecule has 1 amide bonds. The lowest BCUT2D eigenvalue weighted by Crippen LogP contribution is -2.45. The molecule has 1 saturated carbocycles. The van der Waals surface area contributed by atoms with E-state index in [9.17, 15) is 9.90 Å². The third-order valence-corrected chi connectivity index (χ3v) is 3.69. The predicted molar refractivity (Wildman–Crippen MR) is 76.5 cm³/mol. The van der Waals surface area contributed by atoms with E-state index < -0.39 is 6.10 Å². The first-order valence-corrected chi connectivity index (χ1v) is 6.84. The number of hydrogen-bond donors (Lipinski definition) is 2. The second-order valence-corrected chi connectivity index (χ2v) is 5.37. The van der Waals surface area contributed by atoms with Gasteiger partial charge in [0, 0.05) is 25.3 Å². The fourth-order valence-corrected chi connectivity index (χ4v) is 2.44. The molecule has 1 aliphatic rings. The highest BCUT2D eigenvalue weighted by atomic mass is 16.3. The summed E-state index contributed by atoms with van der Waals surface area (Å²) in [6.07, 6.45) is 3.36. The maximum absolute atomic E-state index is 12.1. The van der Waals surface area contributed by atoms with Crippen molar-refractivity contribution < 1.29 is 9.90 Å². The Balaban J connectivity index is 1.99. The van der Waals surface area contributed by atoms with Crippen LogP contribution in [0.5, 0.6) is 0 Å². The van der Waals surface area contributed by atoms with Gasteiger partial charge < -0.3 is 15.3 Å². The van der Waals surface area contributed by atoms with Gasteiger partial charge in [0.1, 0.15) is 0 Å². The van der Waals surface area contributed by atoms with E-state index >= 15 is 0 Å². The first kappa shape index (κ1) is 13.9. The van der Waals surface area contributed by atoms with Crippen molar-refractivity contribution in [3.05, 3.63) is 29.8 Å². The molecule has 104 valence electrons. The van der Waals surface area contributed by atoms with Crippen molar-refractivity contribution in [1.29, 1.82) is 0 Å². The van der Waals surface area contributed by atoms with Crippen LogP contribution in [0.15, 0.2) is 24.3 Å². The molecular weight excluding hydrogens is 240 g/mol. The molecular formula is C15H22N2O2. The van der Waals surface area contributed by atoms with Crippen LogP contribution in [0, 0.1) is 0 Å². The number of nitrogens with zero attached hydrogens (tertiary/aromatic N) is 1. The van der Waals surface area contributed by atoms with E-state index in [0.717, 1.165) is 31.4 Å². The van der Waals surface area contributed by atoms with Gasteiger partial charge in [-0.3, -0.25) is 4.79 Å². The minimum atomic E-state index is -0.404. The van der Waals surface area contributed by atoms with Gasteiger partial charge >= 0.3 is 0 Å². The van der Waals surface area contributed by atoms with Crippen molar-refractivity contribution in [1.82, 2.24) is 5.32 Å². The van der Waals surface area contributed by atoms with Gasteiger partial charge in [0.25, 0.3) is 5.91 Å². The van der Waals surface area contributed by atoms with Crippen LogP contribution < -0.4 is 10.2 Å². The second kappa shape index (κ2) is 6.06. The summed E-state index contributed by atoms with van der Waals surface area (Å²) in [5.74, 6) is -0.101. The Morgan fingerprint density at radius 3 is 2.42 bits per heavy atom. The lowest BCUT2D eigenvalue weighted by atomic mass is 9.92. The zero-order chi connectivity index (χ0) is 13.8. The van der Waals surface area contributed by atoms with Crippen LogP contribution in [-0.4, -0.2) is 37.3 Å². The highest BCUT2D eigenvalue weighted by molar-refractivity contribution is 5.94. The SMILES string of the molecule is CN(C)c1ccc(C(=O)N[C@H]2CCCC[C@@H]2O)cc1. The van der Waals surface area contributed by atoms with E-state index in [1.165, 1.54) is 0 Å². The maximum atomic E-state index is 12.1. The molecule has 1 aliphatic carbocycles. The summed E-state index contributed by atoms with van der Waals surface area (Å²) in [6.45, 7) is 0. The Morgan fingerprint density at radius 2 is 1.84 bits per heavy atom. The molecule has 0 spiro atoms. The minimum Gasteiger partial charge on any atom is -0.391 e. The van der Waals surface area contributed by atoms with E-state index in [2.05, 4.69) is 5.32 Å². The van der Waals surface area contributed by atoms with Gasteiger partial charge in [-0.2, -0.15) is 0 Å². The third kappa shape index (κ3) is 3.47. The van der Waals surface area contributed by atoms with Crippen molar-refractivity contribution in [2.24, 2.45) is 0 Å². The highest BCUT2D eigenvalue weighted by Gasteiger charge is 2.24. The topological polar surface area (TPSA) is 52.6 Å². The number of benzene rings is 1. The molecule has 1 aromatic carbocycles. The Kier molecular flexibility index (Phi) is 4.43. The van der Waals surface area contributed by atoms with Gasteiger partial charge in [-0.1, -0.05) is 12.8 Å². The van der Waals surface area contributed by atoms with Crippen molar-refractivity contribution >= 4 is 11.6 Å². The summed E-state index contributed by atoms with van der Waals surface area (Å²) in [7, 11) is 3.93. The average molecular weight is 262 g/mol. The molecule has 2 atom stereocenters. The molecule has 0 saturated heterocycles. The zero-order valence-electron chi connectivity index (χ0n) is 11.6. The number of hydrogen-bond acceptors (Lipinski definition) is 3. The molecule has 0 heterocycles. The van der Waals surface area contributed by atoms with Crippen LogP contribution in [0.25, 0.3) is 0 Å². The Hall–Kier alpha value is -1.55. The quantitative estimate of drug-likeness (QED) is 0.873. The molecule has 1 aromatic rings. The number of anilines is 1. The average Bonchev–Trinajstić information content (AvgIpc) is 2.41. The van der Waals surface area contributed by atoms with Gasteiger partial charge in [0.15, 0.2) is 0 Å². The molecule has 2 N–H and O–H groups in total. The smallest absolute Gasteiger partial charge is 0.251 e. The van der Waals surface area contributed by atoms with Gasteiger partial charge in [0.05, 0.1) is 12.1 Å². The van der Waals surface area contributed by atoms with E-state index in [4.69, 9.17) is 0 Å². The summed E-state index contributed by atoms with van der Waals surface area (Å²) in [5.41, 5.74) is 1.71. The molecule has 1 fully saturated rings. The highest BCUT2D eigenvalue weighted by Crippen LogP contribution is 2.19. The van der Waals surface area contributed by atoms with E-state index in [1.807, 2.05) is 43.3 Å². The normalized spacial score (nSPS) is 22.9. The molecule has 4 heteroatoms. The fourth-order valence-electron chi connectivity index (χ4n) is 2.44. The van der Waals surface area contributed by atoms with Crippen LogP contribution in [0.1, 0.15) is 36.0 Å². The summed E-state index contributed by atoms with van der Waals surface area (Å²) >= 11 is 0. The Morgan fingerprint density at radius 1 is 1.21 bits per heavy atom. The molecule has 0 radical (unpaired) electrons. The summed E-state index contributed by atoms with van der Waals surface area (Å²) < 4.78 is 0. The van der Waals surface area contributed by atoms with Gasteiger partial charge in [-0.25, -0.2) is 0 Å². The molecule has 0 unspecified atom stereocenters. The number of carbonyl (C=O) groups excluding carboxylic acids is 1. The number of carbonyl (C=O) groups is 1. The van der Waals surface area contributed by atoms with Crippen molar-refractivity contribution in [3.8, 4) is 0 Å². The molecule has 2 rings (SSSR count). The van der Waals surface area contributed by atoms with Crippen LogP contribution in [0.3, 0.4) is 0 Å². The lowest BCUT2D eigenvalue weighted by molar-refractivity contribution is 0.0717. The maximum Gasteiger partial charge on any atom is 0.251 e. The van der Waals surface area contributed by atoms with Crippen LogP contribution in [-0.2, 0) is 0 Å². The molecule has 0 aromatic heterocycles. The number of nitrogens with one attached hydrogen (secondary N) is 1. The van der Waals surface area contributed by atoms with Crippen molar-refractivity contribution in [2.45, 2.75) is 37.8 Å². The standard InChI is InChI=1S/C15H22N2O2/c1-17(2)12-9-7-11(8-10-12)15(19)16-13-5-3-4-6-14(13)18/h7-10,13-14,18H,3-6H2,1-2H3,(H,16,19)/t13-,14-/m0/s1. The zero-order valence-corrected chi connectivity index (χ0v) is 11.6. The largest absolute Gasteiger partial charge is 0.391 e. The first-order chi connectivity index (χ1) is 9.08. The monoisotopic (exact) mass is 262 g/mol. The van der Waals surface area contributed by atoms with E-state index in [1.54, 1.807) is 0 Å². The minimum absolute atomic E-state index is 0.101. The second-order valence-electron chi connectivity index (χ2n) is 5.37. The predicted octanol–water partition coefficient (Wildman–Crippen LogP) is 1.79. The number of aliphatic hydroxyl groups excluding tert-OH is 1. The number of amides is 1. The van der Waals surface area contributed by atoms with E-state index in [0.29, 0.717) is 5.56 Å². The third-order valence-electron chi connectivity index (χ3n) is 3.69. The van der Waals surface area contributed by atoms with Gasteiger partial charge in [-0.05, 0) is 37.1 Å². The fraction of sp³-hybridized carbons (Fsp3) is 0.533. The summed E-state index contributed by atoms with van der Waals surface area (Å²) in [6, 6.07) is 7.38. The number of rotatable bonds is 3. The van der Waals surface area contributed by atoms with Crippen LogP contribution in [0.2, 0.25) is 0 Å².